The number of carbonyl (C=O) groups is 2. The zero-order valence-corrected chi connectivity index (χ0v) is 13.7. The van der Waals surface area contributed by atoms with Gasteiger partial charge in [0.05, 0.1) is 18.5 Å². The molecule has 0 unspecified atom stereocenters. The van der Waals surface area contributed by atoms with Gasteiger partial charge in [-0.1, -0.05) is 6.07 Å². The molecule has 0 saturated carbocycles. The Morgan fingerprint density at radius 3 is 2.65 bits per heavy atom. The molecule has 122 valence electrons. The molecule has 3 rings (SSSR count). The van der Waals surface area contributed by atoms with E-state index in [1.807, 2.05) is 22.4 Å². The third kappa shape index (κ3) is 3.62. The van der Waals surface area contributed by atoms with Crippen LogP contribution in [0, 0.1) is 0 Å². The minimum absolute atomic E-state index is 0.102. The van der Waals surface area contributed by atoms with Crippen molar-refractivity contribution in [2.45, 2.75) is 6.54 Å². The molecule has 0 radical (unpaired) electrons. The minimum Gasteiger partial charge on any atom is -0.463 e. The summed E-state index contributed by atoms with van der Waals surface area (Å²) in [5.74, 6) is 0.575. The van der Waals surface area contributed by atoms with Crippen molar-refractivity contribution < 1.29 is 18.7 Å². The van der Waals surface area contributed by atoms with Crippen molar-refractivity contribution in [1.29, 1.82) is 0 Å². The van der Waals surface area contributed by atoms with E-state index in [9.17, 15) is 9.59 Å². The van der Waals surface area contributed by atoms with Gasteiger partial charge in [0.1, 0.15) is 5.76 Å². The van der Waals surface area contributed by atoms with Crippen molar-refractivity contribution in [3.8, 4) is 0 Å². The van der Waals surface area contributed by atoms with Crippen molar-refractivity contribution in [3.63, 3.8) is 0 Å². The van der Waals surface area contributed by atoms with E-state index < -0.39 is 5.97 Å². The monoisotopic (exact) mass is 334 g/mol. The van der Waals surface area contributed by atoms with Gasteiger partial charge in [-0.05, 0) is 23.6 Å². The second kappa shape index (κ2) is 6.97. The summed E-state index contributed by atoms with van der Waals surface area (Å²) >= 11 is 1.47. The van der Waals surface area contributed by atoms with Crippen molar-refractivity contribution >= 4 is 23.2 Å². The number of esters is 1. The van der Waals surface area contributed by atoms with Gasteiger partial charge < -0.3 is 14.1 Å². The molecule has 23 heavy (non-hydrogen) atoms. The fourth-order valence-corrected chi connectivity index (χ4v) is 3.25. The Kier molecular flexibility index (Phi) is 4.78. The van der Waals surface area contributed by atoms with Crippen LogP contribution in [0.15, 0.2) is 34.1 Å². The second-order valence-corrected chi connectivity index (χ2v) is 6.25. The molecule has 0 spiro atoms. The second-order valence-electron chi connectivity index (χ2n) is 5.30. The maximum atomic E-state index is 12.3. The highest BCUT2D eigenvalue weighted by Gasteiger charge is 2.23. The molecule has 7 heteroatoms. The van der Waals surface area contributed by atoms with E-state index in [0.717, 1.165) is 23.7 Å². The Morgan fingerprint density at radius 2 is 2.00 bits per heavy atom. The van der Waals surface area contributed by atoms with Crippen molar-refractivity contribution in [3.05, 3.63) is 46.0 Å². The molecule has 3 heterocycles. The normalized spacial score (nSPS) is 15.6. The summed E-state index contributed by atoms with van der Waals surface area (Å²) in [6, 6.07) is 7.16. The zero-order valence-electron chi connectivity index (χ0n) is 12.9. The van der Waals surface area contributed by atoms with Gasteiger partial charge in [-0.3, -0.25) is 9.69 Å². The smallest absolute Gasteiger partial charge is 0.373 e. The molecular formula is C16H18N2O4S. The summed E-state index contributed by atoms with van der Waals surface area (Å²) < 4.78 is 10.1. The van der Waals surface area contributed by atoms with Gasteiger partial charge in [0.2, 0.25) is 5.76 Å². The number of rotatable bonds is 4. The average molecular weight is 334 g/mol. The first-order chi connectivity index (χ1) is 11.2. The van der Waals surface area contributed by atoms with Crippen LogP contribution in [-0.4, -0.2) is 55.0 Å². The van der Waals surface area contributed by atoms with Crippen LogP contribution in [0.5, 0.6) is 0 Å². The summed E-state index contributed by atoms with van der Waals surface area (Å²) in [4.78, 5) is 28.5. The molecule has 1 saturated heterocycles. The van der Waals surface area contributed by atoms with E-state index >= 15 is 0 Å². The number of nitrogens with zero attached hydrogens (tertiary/aromatic N) is 2. The van der Waals surface area contributed by atoms with Gasteiger partial charge in [0.25, 0.3) is 5.91 Å². The number of methoxy groups -OCH3 is 1. The lowest BCUT2D eigenvalue weighted by Crippen LogP contribution is -2.48. The summed E-state index contributed by atoms with van der Waals surface area (Å²) in [6.07, 6.45) is 0. The Hall–Kier alpha value is -2.12. The van der Waals surface area contributed by atoms with Crippen LogP contribution in [0.25, 0.3) is 0 Å². The van der Waals surface area contributed by atoms with E-state index in [-0.39, 0.29) is 11.7 Å². The van der Waals surface area contributed by atoms with Crippen molar-refractivity contribution in [1.82, 2.24) is 9.80 Å². The third-order valence-electron chi connectivity index (χ3n) is 3.82. The summed E-state index contributed by atoms with van der Waals surface area (Å²) in [6.45, 7) is 3.58. The molecule has 0 atom stereocenters. The first kappa shape index (κ1) is 15.8. The van der Waals surface area contributed by atoms with E-state index in [4.69, 9.17) is 4.42 Å². The molecule has 1 aliphatic heterocycles. The maximum absolute atomic E-state index is 12.3. The highest BCUT2D eigenvalue weighted by atomic mass is 32.1. The maximum Gasteiger partial charge on any atom is 0.373 e. The quantitative estimate of drug-likeness (QED) is 0.801. The molecule has 1 amide bonds. The highest BCUT2D eigenvalue weighted by molar-refractivity contribution is 7.12. The van der Waals surface area contributed by atoms with E-state index in [2.05, 4.69) is 9.64 Å². The van der Waals surface area contributed by atoms with Gasteiger partial charge in [-0.25, -0.2) is 4.79 Å². The molecule has 0 aromatic carbocycles. The average Bonchev–Trinajstić information content (AvgIpc) is 3.26. The summed E-state index contributed by atoms with van der Waals surface area (Å²) in [7, 11) is 1.33. The first-order valence-electron chi connectivity index (χ1n) is 7.39. The fraction of sp³-hybridized carbons (Fsp3) is 0.375. The Morgan fingerprint density at radius 1 is 1.22 bits per heavy atom. The highest BCUT2D eigenvalue weighted by Crippen LogP contribution is 2.16. The van der Waals surface area contributed by atoms with Crippen LogP contribution in [0.2, 0.25) is 0 Å². The Labute approximate surface area is 138 Å². The molecule has 2 aromatic heterocycles. The van der Waals surface area contributed by atoms with Crippen molar-refractivity contribution in [2.75, 3.05) is 33.3 Å². The molecule has 0 aliphatic carbocycles. The Balaban J connectivity index is 1.52. The molecule has 6 nitrogen and oxygen atoms in total. The summed E-state index contributed by atoms with van der Waals surface area (Å²) in [5, 5.41) is 1.92. The molecule has 0 bridgehead atoms. The fourth-order valence-electron chi connectivity index (χ4n) is 2.56. The summed E-state index contributed by atoms with van der Waals surface area (Å²) in [5.41, 5.74) is 0. The Bertz CT molecular complexity index is 672. The molecule has 0 N–H and O–H groups in total. The number of carbonyl (C=O) groups excluding carboxylic acids is 2. The first-order valence-corrected chi connectivity index (χ1v) is 8.27. The van der Waals surface area contributed by atoms with Gasteiger partial charge >= 0.3 is 5.97 Å². The standard InChI is InChI=1S/C16H18N2O4S/c1-21-16(20)13-5-4-12(22-13)11-17-6-8-18(9-7-17)15(19)14-3-2-10-23-14/h2-5,10H,6-9,11H2,1H3. The van der Waals surface area contributed by atoms with E-state index in [1.165, 1.54) is 18.4 Å². The number of hydrogen-bond donors (Lipinski definition) is 0. The SMILES string of the molecule is COC(=O)c1ccc(CN2CCN(C(=O)c3cccs3)CC2)o1. The van der Waals surface area contributed by atoms with Crippen LogP contribution in [0.1, 0.15) is 26.0 Å². The lowest BCUT2D eigenvalue weighted by atomic mass is 10.2. The number of hydrogen-bond acceptors (Lipinski definition) is 6. The van der Waals surface area contributed by atoms with Gasteiger partial charge in [0.15, 0.2) is 0 Å². The van der Waals surface area contributed by atoms with Gasteiger partial charge in [-0.2, -0.15) is 0 Å². The molecule has 1 aliphatic rings. The van der Waals surface area contributed by atoms with Crippen molar-refractivity contribution in [2.24, 2.45) is 0 Å². The van der Waals surface area contributed by atoms with E-state index in [0.29, 0.717) is 19.6 Å². The predicted octanol–water partition coefficient (Wildman–Crippen LogP) is 2.09. The van der Waals surface area contributed by atoms with Gasteiger partial charge in [0, 0.05) is 26.2 Å². The number of thiophene rings is 1. The number of furan rings is 1. The lowest BCUT2D eigenvalue weighted by Gasteiger charge is -2.34. The zero-order chi connectivity index (χ0) is 16.2. The predicted molar refractivity (Wildman–Crippen MR) is 85.5 cm³/mol. The number of ether oxygens (including phenoxy) is 1. The van der Waals surface area contributed by atoms with Crippen LogP contribution in [0.4, 0.5) is 0 Å². The molecule has 1 fully saturated rings. The topological polar surface area (TPSA) is 63.0 Å². The largest absolute Gasteiger partial charge is 0.463 e. The number of amides is 1. The van der Waals surface area contributed by atoms with Gasteiger partial charge in [-0.15, -0.1) is 11.3 Å². The van der Waals surface area contributed by atoms with Crippen LogP contribution < -0.4 is 0 Å². The molecular weight excluding hydrogens is 316 g/mol. The van der Waals surface area contributed by atoms with Crippen LogP contribution in [-0.2, 0) is 11.3 Å². The lowest BCUT2D eigenvalue weighted by molar-refractivity contribution is 0.0550. The van der Waals surface area contributed by atoms with Crippen LogP contribution in [0.3, 0.4) is 0 Å². The minimum atomic E-state index is -0.470. The number of piperazine rings is 1. The van der Waals surface area contributed by atoms with Crippen LogP contribution >= 0.6 is 11.3 Å². The molecule has 2 aromatic rings. The third-order valence-corrected chi connectivity index (χ3v) is 4.68. The van der Waals surface area contributed by atoms with E-state index in [1.54, 1.807) is 12.1 Å².